The van der Waals surface area contributed by atoms with Gasteiger partial charge in [-0.1, -0.05) is 31.5 Å². The third-order valence-corrected chi connectivity index (χ3v) is 4.18. The van der Waals surface area contributed by atoms with Crippen LogP contribution in [0.5, 0.6) is 0 Å². The average molecular weight is 283 g/mol. The second-order valence-corrected chi connectivity index (χ2v) is 5.73. The third-order valence-electron chi connectivity index (χ3n) is 4.18. The van der Waals surface area contributed by atoms with Crippen molar-refractivity contribution in [2.75, 3.05) is 18.0 Å². The molecule has 1 atom stereocenters. The number of aromatic nitrogens is 1. The summed E-state index contributed by atoms with van der Waals surface area (Å²) in [6, 6.07) is 10.4. The highest BCUT2D eigenvalue weighted by molar-refractivity contribution is 5.92. The predicted molar refractivity (Wildman–Crippen MR) is 85.3 cm³/mol. The maximum Gasteiger partial charge on any atom is 0.222 e. The van der Waals surface area contributed by atoms with Gasteiger partial charge in [-0.15, -0.1) is 0 Å². The van der Waals surface area contributed by atoms with Crippen molar-refractivity contribution in [1.29, 1.82) is 0 Å². The van der Waals surface area contributed by atoms with Gasteiger partial charge in [-0.2, -0.15) is 0 Å². The molecule has 1 aromatic carbocycles. The Balaban J connectivity index is 2.02. The summed E-state index contributed by atoms with van der Waals surface area (Å²) in [7, 11) is 0. The minimum absolute atomic E-state index is 0.0356. The summed E-state index contributed by atoms with van der Waals surface area (Å²) >= 11 is 0. The van der Waals surface area contributed by atoms with Crippen LogP contribution >= 0.6 is 0 Å². The Morgan fingerprint density at radius 3 is 2.95 bits per heavy atom. The van der Waals surface area contributed by atoms with Crippen molar-refractivity contribution in [3.05, 3.63) is 36.0 Å². The molecule has 1 fully saturated rings. The van der Waals surface area contributed by atoms with Gasteiger partial charge in [-0.05, 0) is 25.0 Å². The van der Waals surface area contributed by atoms with Gasteiger partial charge in [0.1, 0.15) is 0 Å². The number of benzene rings is 1. The lowest BCUT2D eigenvalue weighted by Gasteiger charge is -2.21. The number of primary amides is 1. The molecule has 1 amide bonds. The zero-order valence-electron chi connectivity index (χ0n) is 12.4. The highest BCUT2D eigenvalue weighted by Crippen LogP contribution is 2.31. The van der Waals surface area contributed by atoms with Crippen LogP contribution in [-0.2, 0) is 11.2 Å². The molecule has 2 heterocycles. The molecule has 1 aliphatic heterocycles. The van der Waals surface area contributed by atoms with Gasteiger partial charge in [0.25, 0.3) is 0 Å². The van der Waals surface area contributed by atoms with E-state index in [9.17, 15) is 4.79 Å². The van der Waals surface area contributed by atoms with E-state index in [1.807, 2.05) is 12.1 Å². The predicted octanol–water partition coefficient (Wildman–Crippen LogP) is 2.50. The van der Waals surface area contributed by atoms with Crippen molar-refractivity contribution in [1.82, 2.24) is 4.98 Å². The number of carbonyl (C=O) groups excluding carboxylic acids is 1. The molecule has 0 aliphatic carbocycles. The number of hydrogen-bond acceptors (Lipinski definition) is 3. The Kier molecular flexibility index (Phi) is 3.78. The Morgan fingerprint density at radius 1 is 1.43 bits per heavy atom. The van der Waals surface area contributed by atoms with E-state index >= 15 is 0 Å². The second-order valence-electron chi connectivity index (χ2n) is 5.73. The molecule has 0 radical (unpaired) electrons. The molecule has 1 saturated heterocycles. The number of anilines is 1. The van der Waals surface area contributed by atoms with Gasteiger partial charge in [0.05, 0.1) is 11.4 Å². The number of aryl methyl sites for hydroxylation is 1. The summed E-state index contributed by atoms with van der Waals surface area (Å²) in [5, 5.41) is 1.16. The largest absolute Gasteiger partial charge is 0.370 e. The Bertz CT molecular complexity index is 668. The van der Waals surface area contributed by atoms with Crippen LogP contribution in [0.2, 0.25) is 0 Å². The van der Waals surface area contributed by atoms with Gasteiger partial charge >= 0.3 is 0 Å². The van der Waals surface area contributed by atoms with Gasteiger partial charge in [0.2, 0.25) is 5.91 Å². The van der Waals surface area contributed by atoms with Crippen molar-refractivity contribution in [2.45, 2.75) is 26.2 Å². The van der Waals surface area contributed by atoms with Gasteiger partial charge in [0.15, 0.2) is 0 Å². The summed E-state index contributed by atoms with van der Waals surface area (Å²) < 4.78 is 0. The summed E-state index contributed by atoms with van der Waals surface area (Å²) in [6.07, 6.45) is 2.90. The lowest BCUT2D eigenvalue weighted by atomic mass is 10.1. The smallest absolute Gasteiger partial charge is 0.222 e. The first kappa shape index (κ1) is 13.9. The fourth-order valence-corrected chi connectivity index (χ4v) is 3.07. The number of amides is 1. The van der Waals surface area contributed by atoms with Gasteiger partial charge in [-0.25, -0.2) is 0 Å². The van der Waals surface area contributed by atoms with E-state index in [2.05, 4.69) is 30.0 Å². The van der Waals surface area contributed by atoms with E-state index in [1.54, 1.807) is 0 Å². The SMILES string of the molecule is CCCc1cc(N2CCC(C(N)=O)C2)c2ccccc2n1. The average Bonchev–Trinajstić information content (AvgIpc) is 2.96. The van der Waals surface area contributed by atoms with Gasteiger partial charge in [0, 0.05) is 29.9 Å². The van der Waals surface area contributed by atoms with Crippen LogP contribution in [-0.4, -0.2) is 24.0 Å². The van der Waals surface area contributed by atoms with E-state index in [4.69, 9.17) is 10.7 Å². The van der Waals surface area contributed by atoms with Gasteiger partial charge < -0.3 is 10.6 Å². The molecule has 2 N–H and O–H groups in total. The summed E-state index contributed by atoms with van der Waals surface area (Å²) in [5.74, 6) is -0.226. The van der Waals surface area contributed by atoms with Crippen LogP contribution in [0, 0.1) is 5.92 Å². The van der Waals surface area contributed by atoms with E-state index in [1.165, 1.54) is 5.69 Å². The van der Waals surface area contributed by atoms with Crippen molar-refractivity contribution in [3.8, 4) is 0 Å². The summed E-state index contributed by atoms with van der Waals surface area (Å²) in [5.41, 5.74) is 8.79. The van der Waals surface area contributed by atoms with Crippen LogP contribution in [0.15, 0.2) is 30.3 Å². The minimum atomic E-state index is -0.190. The van der Waals surface area contributed by atoms with Crippen LogP contribution in [0.3, 0.4) is 0 Å². The van der Waals surface area contributed by atoms with Crippen LogP contribution in [0.25, 0.3) is 10.9 Å². The van der Waals surface area contributed by atoms with Crippen molar-refractivity contribution in [3.63, 3.8) is 0 Å². The molecule has 3 rings (SSSR count). The first-order valence-corrected chi connectivity index (χ1v) is 7.62. The zero-order chi connectivity index (χ0) is 14.8. The molecular formula is C17H21N3O. The summed E-state index contributed by atoms with van der Waals surface area (Å²) in [6.45, 7) is 3.76. The molecule has 0 saturated carbocycles. The fraction of sp³-hybridized carbons (Fsp3) is 0.412. The zero-order valence-corrected chi connectivity index (χ0v) is 12.4. The number of nitrogens with two attached hydrogens (primary N) is 1. The molecule has 4 nitrogen and oxygen atoms in total. The third kappa shape index (κ3) is 2.71. The van der Waals surface area contributed by atoms with Crippen LogP contribution in [0.1, 0.15) is 25.5 Å². The molecule has 2 aromatic rings. The number of carbonyl (C=O) groups is 1. The molecular weight excluding hydrogens is 262 g/mol. The van der Waals surface area contributed by atoms with Crippen LogP contribution in [0.4, 0.5) is 5.69 Å². The molecule has 0 bridgehead atoms. The highest BCUT2D eigenvalue weighted by Gasteiger charge is 2.27. The second kappa shape index (κ2) is 5.72. The molecule has 110 valence electrons. The van der Waals surface area contributed by atoms with Crippen molar-refractivity contribution < 1.29 is 4.79 Å². The number of fused-ring (bicyclic) bond motifs is 1. The monoisotopic (exact) mass is 283 g/mol. The standard InChI is InChI=1S/C17H21N3O/c1-2-5-13-10-16(14-6-3-4-7-15(14)19-13)20-9-8-12(11-20)17(18)21/h3-4,6-7,10,12H,2,5,8-9,11H2,1H3,(H2,18,21). The molecule has 1 aliphatic rings. The van der Waals surface area contributed by atoms with Crippen LogP contribution < -0.4 is 10.6 Å². The van der Waals surface area contributed by atoms with E-state index < -0.39 is 0 Å². The Morgan fingerprint density at radius 2 is 2.24 bits per heavy atom. The van der Waals surface area contributed by atoms with Crippen molar-refractivity contribution >= 4 is 22.5 Å². The minimum Gasteiger partial charge on any atom is -0.370 e. The molecule has 1 unspecified atom stereocenters. The fourth-order valence-electron chi connectivity index (χ4n) is 3.07. The normalized spacial score (nSPS) is 18.3. The number of hydrogen-bond donors (Lipinski definition) is 1. The Hall–Kier alpha value is -2.10. The van der Waals surface area contributed by atoms with Gasteiger partial charge in [-0.3, -0.25) is 9.78 Å². The number of rotatable bonds is 4. The molecule has 1 aromatic heterocycles. The van der Waals surface area contributed by atoms with E-state index in [0.29, 0.717) is 0 Å². The lowest BCUT2D eigenvalue weighted by Crippen LogP contribution is -2.27. The molecule has 0 spiro atoms. The maximum absolute atomic E-state index is 11.4. The molecule has 21 heavy (non-hydrogen) atoms. The maximum atomic E-state index is 11.4. The summed E-state index contributed by atoms with van der Waals surface area (Å²) in [4.78, 5) is 18.4. The first-order chi connectivity index (χ1) is 10.2. The molecule has 4 heteroatoms. The number of para-hydroxylation sites is 1. The quantitative estimate of drug-likeness (QED) is 0.938. The van der Waals surface area contributed by atoms with Crippen molar-refractivity contribution in [2.24, 2.45) is 11.7 Å². The Labute approximate surface area is 125 Å². The van der Waals surface area contributed by atoms with E-state index in [0.717, 1.165) is 48.9 Å². The number of pyridine rings is 1. The first-order valence-electron chi connectivity index (χ1n) is 7.62. The number of nitrogens with zero attached hydrogens (tertiary/aromatic N) is 2. The highest BCUT2D eigenvalue weighted by atomic mass is 16.1. The lowest BCUT2D eigenvalue weighted by molar-refractivity contribution is -0.121. The van der Waals surface area contributed by atoms with E-state index in [-0.39, 0.29) is 11.8 Å². The topological polar surface area (TPSA) is 59.2 Å².